The third kappa shape index (κ3) is 7.27. The maximum absolute atomic E-state index is 12.1. The van der Waals surface area contributed by atoms with Crippen LogP contribution in [0.3, 0.4) is 0 Å². The van der Waals surface area contributed by atoms with Gasteiger partial charge in [-0.3, -0.25) is 4.79 Å². The Morgan fingerprint density at radius 2 is 1.63 bits per heavy atom. The third-order valence-corrected chi connectivity index (χ3v) is 4.82. The molecule has 0 aromatic heterocycles. The molecule has 1 amide bonds. The van der Waals surface area contributed by atoms with Gasteiger partial charge in [0, 0.05) is 19.5 Å². The van der Waals surface area contributed by atoms with Crippen LogP contribution in [0.4, 0.5) is 13.2 Å². The molecular formula is C17H17F3N2O4S. The molecule has 0 radical (unpaired) electrons. The van der Waals surface area contributed by atoms with Gasteiger partial charge in [-0.15, -0.1) is 13.2 Å². The van der Waals surface area contributed by atoms with Gasteiger partial charge in [-0.25, -0.2) is 13.1 Å². The topological polar surface area (TPSA) is 84.5 Å². The molecule has 27 heavy (non-hydrogen) atoms. The van der Waals surface area contributed by atoms with E-state index in [1.807, 2.05) is 30.3 Å². The number of benzene rings is 2. The first kappa shape index (κ1) is 20.7. The number of carbonyl (C=O) groups is 1. The number of halogens is 3. The van der Waals surface area contributed by atoms with Gasteiger partial charge in [0.05, 0.1) is 4.90 Å². The highest BCUT2D eigenvalue weighted by atomic mass is 32.2. The molecule has 2 aromatic carbocycles. The van der Waals surface area contributed by atoms with Gasteiger partial charge in [0.2, 0.25) is 15.9 Å². The van der Waals surface area contributed by atoms with Gasteiger partial charge in [0.25, 0.3) is 0 Å². The third-order valence-electron chi connectivity index (χ3n) is 3.34. The maximum Gasteiger partial charge on any atom is 0.573 e. The molecule has 0 fully saturated rings. The Kier molecular flexibility index (Phi) is 6.81. The van der Waals surface area contributed by atoms with Crippen LogP contribution in [0.2, 0.25) is 0 Å². The minimum atomic E-state index is -4.86. The van der Waals surface area contributed by atoms with Crippen molar-refractivity contribution in [3.63, 3.8) is 0 Å². The van der Waals surface area contributed by atoms with Crippen LogP contribution in [0.25, 0.3) is 0 Å². The van der Waals surface area contributed by atoms with E-state index in [1.54, 1.807) is 0 Å². The Bertz CT molecular complexity index is 854. The highest BCUT2D eigenvalue weighted by molar-refractivity contribution is 7.89. The zero-order valence-corrected chi connectivity index (χ0v) is 14.8. The Balaban J connectivity index is 1.81. The number of carbonyl (C=O) groups excluding carboxylic acids is 1. The number of amides is 1. The fourth-order valence-electron chi connectivity index (χ4n) is 2.09. The summed E-state index contributed by atoms with van der Waals surface area (Å²) in [5.41, 5.74) is 0.910. The van der Waals surface area contributed by atoms with Crippen LogP contribution < -0.4 is 14.8 Å². The van der Waals surface area contributed by atoms with E-state index in [2.05, 4.69) is 14.8 Å². The Labute approximate surface area is 154 Å². The molecule has 6 nitrogen and oxygen atoms in total. The van der Waals surface area contributed by atoms with Crippen molar-refractivity contribution in [3.8, 4) is 5.75 Å². The summed E-state index contributed by atoms with van der Waals surface area (Å²) in [6, 6.07) is 13.0. The van der Waals surface area contributed by atoms with Gasteiger partial charge in [0.1, 0.15) is 5.75 Å². The summed E-state index contributed by atoms with van der Waals surface area (Å²) < 4.78 is 66.4. The molecule has 0 unspecified atom stereocenters. The fourth-order valence-corrected chi connectivity index (χ4v) is 3.12. The first-order chi connectivity index (χ1) is 12.7. The molecule has 0 saturated carbocycles. The number of ether oxygens (including phenoxy) is 1. The second kappa shape index (κ2) is 8.87. The molecule has 2 aromatic rings. The molecule has 2 rings (SSSR count). The number of alkyl halides is 3. The quantitative estimate of drug-likeness (QED) is 0.711. The molecule has 0 spiro atoms. The van der Waals surface area contributed by atoms with Crippen LogP contribution in [0.1, 0.15) is 12.0 Å². The lowest BCUT2D eigenvalue weighted by Crippen LogP contribution is -2.30. The Morgan fingerprint density at radius 1 is 1.00 bits per heavy atom. The van der Waals surface area contributed by atoms with Gasteiger partial charge in [-0.2, -0.15) is 0 Å². The van der Waals surface area contributed by atoms with E-state index < -0.39 is 22.1 Å². The lowest BCUT2D eigenvalue weighted by atomic mass is 10.2. The lowest BCUT2D eigenvalue weighted by Gasteiger charge is -2.10. The summed E-state index contributed by atoms with van der Waals surface area (Å²) in [6.07, 6.45) is -4.94. The Hall–Kier alpha value is -2.59. The average Bonchev–Trinajstić information content (AvgIpc) is 2.60. The normalized spacial score (nSPS) is 11.8. The number of hydrogen-bond donors (Lipinski definition) is 2. The zero-order valence-electron chi connectivity index (χ0n) is 14.0. The molecule has 0 aliphatic heterocycles. The molecule has 0 aliphatic rings. The smallest absolute Gasteiger partial charge is 0.406 e. The summed E-state index contributed by atoms with van der Waals surface area (Å²) in [6.45, 7) is 0.177. The van der Waals surface area contributed by atoms with Crippen LogP contribution in [0.15, 0.2) is 59.5 Å². The number of rotatable bonds is 8. The summed E-state index contributed by atoms with van der Waals surface area (Å²) in [5, 5.41) is 2.66. The summed E-state index contributed by atoms with van der Waals surface area (Å²) in [5.74, 6) is -0.864. The maximum atomic E-state index is 12.1. The van der Waals surface area contributed by atoms with Gasteiger partial charge in [0.15, 0.2) is 0 Å². The van der Waals surface area contributed by atoms with E-state index in [9.17, 15) is 26.4 Å². The van der Waals surface area contributed by atoms with Crippen molar-refractivity contribution in [2.24, 2.45) is 0 Å². The molecule has 0 bridgehead atoms. The van der Waals surface area contributed by atoms with Crippen molar-refractivity contribution in [2.75, 3.05) is 6.54 Å². The number of sulfonamides is 1. The van der Waals surface area contributed by atoms with Gasteiger partial charge in [-0.1, -0.05) is 30.3 Å². The minimum Gasteiger partial charge on any atom is -0.406 e. The second-order valence-electron chi connectivity index (χ2n) is 5.43. The van der Waals surface area contributed by atoms with E-state index in [0.717, 1.165) is 29.8 Å². The van der Waals surface area contributed by atoms with Crippen LogP contribution in [-0.4, -0.2) is 27.2 Å². The predicted octanol–water partition coefficient (Wildman–Crippen LogP) is 2.57. The van der Waals surface area contributed by atoms with E-state index in [1.165, 1.54) is 0 Å². The van der Waals surface area contributed by atoms with Crippen molar-refractivity contribution >= 4 is 15.9 Å². The fraction of sp³-hybridized carbons (Fsp3) is 0.235. The molecule has 0 atom stereocenters. The Morgan fingerprint density at radius 3 is 2.22 bits per heavy atom. The predicted molar refractivity (Wildman–Crippen MR) is 91.2 cm³/mol. The second-order valence-corrected chi connectivity index (χ2v) is 7.20. The van der Waals surface area contributed by atoms with Gasteiger partial charge >= 0.3 is 6.36 Å². The molecule has 0 heterocycles. The van der Waals surface area contributed by atoms with E-state index in [-0.39, 0.29) is 23.8 Å². The lowest BCUT2D eigenvalue weighted by molar-refractivity contribution is -0.274. The van der Waals surface area contributed by atoms with Crippen molar-refractivity contribution in [1.82, 2.24) is 10.0 Å². The molecule has 10 heteroatoms. The molecule has 146 valence electrons. The van der Waals surface area contributed by atoms with Crippen LogP contribution in [-0.2, 0) is 21.4 Å². The van der Waals surface area contributed by atoms with Gasteiger partial charge < -0.3 is 10.1 Å². The molecular weight excluding hydrogens is 385 g/mol. The number of hydrogen-bond acceptors (Lipinski definition) is 4. The average molecular weight is 402 g/mol. The van der Waals surface area contributed by atoms with E-state index in [0.29, 0.717) is 6.54 Å². The zero-order chi connectivity index (χ0) is 19.9. The monoisotopic (exact) mass is 402 g/mol. The van der Waals surface area contributed by atoms with Crippen LogP contribution in [0.5, 0.6) is 5.75 Å². The summed E-state index contributed by atoms with van der Waals surface area (Å²) >= 11 is 0. The molecule has 2 N–H and O–H groups in total. The first-order valence-corrected chi connectivity index (χ1v) is 9.30. The van der Waals surface area contributed by atoms with E-state index in [4.69, 9.17) is 0 Å². The van der Waals surface area contributed by atoms with Crippen LogP contribution in [0, 0.1) is 0 Å². The highest BCUT2D eigenvalue weighted by Crippen LogP contribution is 2.23. The van der Waals surface area contributed by atoms with Gasteiger partial charge in [-0.05, 0) is 29.8 Å². The summed E-state index contributed by atoms with van der Waals surface area (Å²) in [4.78, 5) is 11.5. The highest BCUT2D eigenvalue weighted by Gasteiger charge is 2.31. The van der Waals surface area contributed by atoms with Crippen molar-refractivity contribution in [2.45, 2.75) is 24.2 Å². The van der Waals surface area contributed by atoms with E-state index >= 15 is 0 Å². The van der Waals surface area contributed by atoms with Crippen LogP contribution >= 0.6 is 0 Å². The SMILES string of the molecule is O=C(CCNS(=O)(=O)c1ccc(OC(F)(F)F)cc1)NCc1ccccc1. The first-order valence-electron chi connectivity index (χ1n) is 7.82. The minimum absolute atomic E-state index is 0.0820. The summed E-state index contributed by atoms with van der Waals surface area (Å²) in [7, 11) is -3.95. The van der Waals surface area contributed by atoms with Crippen molar-refractivity contribution < 1.29 is 31.1 Å². The largest absolute Gasteiger partial charge is 0.573 e. The number of nitrogens with one attached hydrogen (secondary N) is 2. The van der Waals surface area contributed by atoms with Crippen molar-refractivity contribution in [3.05, 3.63) is 60.2 Å². The molecule has 0 saturated heterocycles. The molecule has 0 aliphatic carbocycles. The standard InChI is InChI=1S/C17H17F3N2O4S/c18-17(19,20)26-14-6-8-15(9-7-14)27(24,25)22-11-10-16(23)21-12-13-4-2-1-3-5-13/h1-9,22H,10-12H2,(H,21,23). The van der Waals surface area contributed by atoms with Crippen molar-refractivity contribution in [1.29, 1.82) is 0 Å².